The second-order valence-corrected chi connectivity index (χ2v) is 7.12. The quantitative estimate of drug-likeness (QED) is 0.580. The van der Waals surface area contributed by atoms with Gasteiger partial charge in [-0.3, -0.25) is 10.1 Å². The van der Waals surface area contributed by atoms with E-state index in [0.29, 0.717) is 17.7 Å². The first-order valence-electron chi connectivity index (χ1n) is 7.10. The van der Waals surface area contributed by atoms with Gasteiger partial charge >= 0.3 is 5.51 Å². The molecule has 2 aromatic carbocycles. The molecule has 2 rings (SSSR count). The van der Waals surface area contributed by atoms with E-state index in [-0.39, 0.29) is 5.69 Å². The topological polar surface area (TPSA) is 110 Å². The van der Waals surface area contributed by atoms with Gasteiger partial charge < -0.3 is 10.4 Å². The maximum absolute atomic E-state index is 12.6. The average Bonchev–Trinajstić information content (AvgIpc) is 2.59. The minimum atomic E-state index is -5.72. The van der Waals surface area contributed by atoms with E-state index in [1.54, 1.807) is 30.3 Å². The minimum Gasteiger partial charge on any atom is -0.394 e. The summed E-state index contributed by atoms with van der Waals surface area (Å²) in [6.45, 7) is -0.455. The van der Waals surface area contributed by atoms with Crippen molar-refractivity contribution in [3.05, 3.63) is 64.2 Å². The van der Waals surface area contributed by atoms with Crippen LogP contribution in [0.5, 0.6) is 0 Å². The number of aliphatic hydroxyl groups is 1. The zero-order chi connectivity index (χ0) is 19.5. The molecule has 0 aliphatic carbocycles. The van der Waals surface area contributed by atoms with E-state index in [0.717, 1.165) is 6.07 Å². The number of sulfone groups is 1. The van der Waals surface area contributed by atoms with Crippen LogP contribution < -0.4 is 5.32 Å². The number of nitro groups is 1. The molecule has 0 aliphatic heterocycles. The van der Waals surface area contributed by atoms with Gasteiger partial charge in [-0.25, -0.2) is 8.42 Å². The number of nitro benzene ring substituents is 1. The number of benzene rings is 2. The van der Waals surface area contributed by atoms with Crippen LogP contribution in [0.3, 0.4) is 0 Å². The van der Waals surface area contributed by atoms with Crippen LogP contribution in [-0.4, -0.2) is 30.6 Å². The Balaban J connectivity index is 2.46. The summed E-state index contributed by atoms with van der Waals surface area (Å²) in [5, 5.41) is 23.3. The molecule has 1 unspecified atom stereocenters. The predicted octanol–water partition coefficient (Wildman–Crippen LogP) is 3.03. The van der Waals surface area contributed by atoms with E-state index in [1.807, 2.05) is 0 Å². The van der Waals surface area contributed by atoms with Gasteiger partial charge in [0.25, 0.3) is 15.5 Å². The maximum atomic E-state index is 12.6. The molecule has 140 valence electrons. The van der Waals surface area contributed by atoms with Crippen LogP contribution in [0.2, 0.25) is 0 Å². The van der Waals surface area contributed by atoms with Gasteiger partial charge in [0.15, 0.2) is 0 Å². The number of hydrogen-bond acceptors (Lipinski definition) is 6. The van der Waals surface area contributed by atoms with Gasteiger partial charge in [0.2, 0.25) is 0 Å². The van der Waals surface area contributed by atoms with Crippen molar-refractivity contribution in [2.45, 2.75) is 16.4 Å². The molecule has 7 nitrogen and oxygen atoms in total. The predicted molar refractivity (Wildman–Crippen MR) is 86.2 cm³/mol. The first-order valence-corrected chi connectivity index (χ1v) is 8.58. The molecule has 0 bridgehead atoms. The van der Waals surface area contributed by atoms with Gasteiger partial charge in [-0.15, -0.1) is 0 Å². The van der Waals surface area contributed by atoms with E-state index >= 15 is 0 Å². The van der Waals surface area contributed by atoms with Crippen molar-refractivity contribution in [3.63, 3.8) is 0 Å². The number of nitrogens with one attached hydrogen (secondary N) is 1. The molecule has 0 amide bonds. The van der Waals surface area contributed by atoms with Gasteiger partial charge in [0, 0.05) is 6.07 Å². The SMILES string of the molecule is O=[N+]([O-])c1cc(S(=O)(=O)C(F)(F)F)ccc1NC(CO)c1ccccc1. The first kappa shape index (κ1) is 19.7. The third kappa shape index (κ3) is 3.94. The molecule has 0 aromatic heterocycles. The second-order valence-electron chi connectivity index (χ2n) is 5.18. The molecule has 0 radical (unpaired) electrons. The highest BCUT2D eigenvalue weighted by atomic mass is 32.2. The van der Waals surface area contributed by atoms with E-state index < -0.39 is 43.5 Å². The molecule has 0 saturated carbocycles. The molecule has 0 saturated heterocycles. The van der Waals surface area contributed by atoms with Gasteiger partial charge in [0.05, 0.1) is 22.5 Å². The third-order valence-electron chi connectivity index (χ3n) is 3.50. The number of hydrogen-bond donors (Lipinski definition) is 2. The molecule has 0 spiro atoms. The Morgan fingerprint density at radius 1 is 1.15 bits per heavy atom. The Hall–Kier alpha value is -2.66. The smallest absolute Gasteiger partial charge is 0.394 e. The average molecular weight is 390 g/mol. The van der Waals surface area contributed by atoms with Crippen molar-refractivity contribution in [1.82, 2.24) is 0 Å². The summed E-state index contributed by atoms with van der Waals surface area (Å²) in [6, 6.07) is 9.40. The fourth-order valence-electron chi connectivity index (χ4n) is 2.19. The fraction of sp³-hybridized carbons (Fsp3) is 0.200. The van der Waals surface area contributed by atoms with E-state index in [2.05, 4.69) is 5.32 Å². The molecule has 26 heavy (non-hydrogen) atoms. The summed E-state index contributed by atoms with van der Waals surface area (Å²) < 4.78 is 60.8. The van der Waals surface area contributed by atoms with Crippen LogP contribution in [-0.2, 0) is 9.84 Å². The highest BCUT2D eigenvalue weighted by molar-refractivity contribution is 7.92. The van der Waals surface area contributed by atoms with Crippen LogP contribution in [0.25, 0.3) is 0 Å². The molecule has 1 atom stereocenters. The van der Waals surface area contributed by atoms with Crippen molar-refractivity contribution in [2.24, 2.45) is 0 Å². The van der Waals surface area contributed by atoms with Crippen LogP contribution >= 0.6 is 0 Å². The Kier molecular flexibility index (Phi) is 5.52. The maximum Gasteiger partial charge on any atom is 0.501 e. The molecule has 0 heterocycles. The van der Waals surface area contributed by atoms with Gasteiger partial charge in [-0.1, -0.05) is 30.3 Å². The fourth-order valence-corrected chi connectivity index (χ4v) is 2.97. The lowest BCUT2D eigenvalue weighted by Crippen LogP contribution is -2.23. The monoisotopic (exact) mass is 390 g/mol. The zero-order valence-corrected chi connectivity index (χ0v) is 13.8. The van der Waals surface area contributed by atoms with Crippen LogP contribution in [0.4, 0.5) is 24.5 Å². The Morgan fingerprint density at radius 2 is 1.77 bits per heavy atom. The standard InChI is InChI=1S/C15H13F3N2O5S/c16-15(17,18)26(24,25)11-6-7-12(14(8-11)20(22)23)19-13(9-21)10-4-2-1-3-5-10/h1-8,13,19,21H,9H2. The number of rotatable bonds is 6. The number of anilines is 1. The number of halogens is 3. The zero-order valence-electron chi connectivity index (χ0n) is 13.0. The summed E-state index contributed by atoms with van der Waals surface area (Å²) in [7, 11) is -5.72. The van der Waals surface area contributed by atoms with Gasteiger partial charge in [0.1, 0.15) is 5.69 Å². The Labute approximate surface area is 146 Å². The van der Waals surface area contributed by atoms with Crippen LogP contribution in [0.15, 0.2) is 53.4 Å². The van der Waals surface area contributed by atoms with Crippen molar-refractivity contribution < 1.29 is 31.6 Å². The van der Waals surface area contributed by atoms with E-state index in [9.17, 15) is 36.8 Å². The van der Waals surface area contributed by atoms with Crippen LogP contribution in [0, 0.1) is 10.1 Å². The number of alkyl halides is 3. The van der Waals surface area contributed by atoms with Crippen molar-refractivity contribution in [2.75, 3.05) is 11.9 Å². The lowest BCUT2D eigenvalue weighted by Gasteiger charge is -2.18. The highest BCUT2D eigenvalue weighted by Crippen LogP contribution is 2.35. The molecular formula is C15H13F3N2O5S. The third-order valence-corrected chi connectivity index (χ3v) is 4.98. The minimum absolute atomic E-state index is 0.223. The summed E-state index contributed by atoms with van der Waals surface area (Å²) >= 11 is 0. The second kappa shape index (κ2) is 7.30. The van der Waals surface area contributed by atoms with E-state index in [4.69, 9.17) is 0 Å². The van der Waals surface area contributed by atoms with Crippen molar-refractivity contribution in [3.8, 4) is 0 Å². The summed E-state index contributed by atoms with van der Waals surface area (Å²) in [4.78, 5) is 8.95. The van der Waals surface area contributed by atoms with Crippen molar-refractivity contribution in [1.29, 1.82) is 0 Å². The molecule has 11 heteroatoms. The molecular weight excluding hydrogens is 377 g/mol. The lowest BCUT2D eigenvalue weighted by molar-refractivity contribution is -0.384. The summed E-state index contributed by atoms with van der Waals surface area (Å²) in [6.07, 6.45) is 0. The normalized spacial score (nSPS) is 13.2. The van der Waals surface area contributed by atoms with E-state index in [1.165, 1.54) is 0 Å². The number of nitrogens with zero attached hydrogens (tertiary/aromatic N) is 1. The lowest BCUT2D eigenvalue weighted by atomic mass is 10.1. The Morgan fingerprint density at radius 3 is 2.27 bits per heavy atom. The largest absolute Gasteiger partial charge is 0.501 e. The van der Waals surface area contributed by atoms with Gasteiger partial charge in [-0.2, -0.15) is 13.2 Å². The Bertz CT molecular complexity index is 901. The first-order chi connectivity index (χ1) is 12.1. The molecule has 0 fully saturated rings. The molecule has 0 aliphatic rings. The number of aliphatic hydroxyl groups excluding tert-OH is 1. The molecule has 2 aromatic rings. The summed E-state index contributed by atoms with van der Waals surface area (Å²) in [5.41, 5.74) is -6.08. The summed E-state index contributed by atoms with van der Waals surface area (Å²) in [5.74, 6) is 0. The molecule has 2 N–H and O–H groups in total. The van der Waals surface area contributed by atoms with Gasteiger partial charge in [-0.05, 0) is 17.7 Å². The van der Waals surface area contributed by atoms with Crippen molar-refractivity contribution >= 4 is 21.2 Å². The van der Waals surface area contributed by atoms with Crippen LogP contribution in [0.1, 0.15) is 11.6 Å². The highest BCUT2D eigenvalue weighted by Gasteiger charge is 2.47.